The number of benzene rings is 4. The van der Waals surface area contributed by atoms with Gasteiger partial charge < -0.3 is 9.11 Å². The molecule has 0 spiro atoms. The van der Waals surface area contributed by atoms with Gasteiger partial charge in [0, 0.05) is 0 Å². The summed E-state index contributed by atoms with van der Waals surface area (Å²) in [6.45, 7) is 8.87. The van der Waals surface area contributed by atoms with Gasteiger partial charge in [-0.2, -0.15) is 0 Å². The molecule has 0 bridgehead atoms. The van der Waals surface area contributed by atoms with Crippen molar-refractivity contribution in [2.75, 3.05) is 0 Å². The van der Waals surface area contributed by atoms with E-state index in [0.29, 0.717) is 25.7 Å². The van der Waals surface area contributed by atoms with E-state index in [-0.39, 0.29) is 37.1 Å². The van der Waals surface area contributed by atoms with Crippen LogP contribution in [0.15, 0.2) is 70.5 Å². The summed E-state index contributed by atoms with van der Waals surface area (Å²) < 4.78 is 74.3. The summed E-state index contributed by atoms with van der Waals surface area (Å²) in [5, 5.41) is 3.96. The molecule has 2 radical (unpaired) electrons. The van der Waals surface area contributed by atoms with Crippen molar-refractivity contribution in [3.05, 3.63) is 82.9 Å². The molecule has 0 N–H and O–H groups in total. The van der Waals surface area contributed by atoms with Gasteiger partial charge in [0.05, 0.1) is 9.79 Å². The molecule has 6 nitrogen and oxygen atoms in total. The van der Waals surface area contributed by atoms with Gasteiger partial charge in [0.2, 0.25) is 0 Å². The molecule has 0 aliphatic rings. The molecule has 0 atom stereocenters. The first kappa shape index (κ1) is 59.3. The fraction of sp³-hybridized carbons (Fsp3) is 0.643. The fourth-order valence-electron chi connectivity index (χ4n) is 9.49. The van der Waals surface area contributed by atoms with Crippen molar-refractivity contribution in [2.45, 2.75) is 243 Å². The van der Waals surface area contributed by atoms with E-state index < -0.39 is 20.2 Å². The van der Waals surface area contributed by atoms with Crippen LogP contribution in [0.5, 0.6) is 0 Å². The minimum absolute atomic E-state index is 0. The third-order valence-electron chi connectivity index (χ3n) is 13.0. The molecule has 65 heavy (non-hydrogen) atoms. The average molecular weight is 1130 g/mol. The van der Waals surface area contributed by atoms with Gasteiger partial charge in [-0.05, 0) is 107 Å². The molecule has 9 heteroatoms. The van der Waals surface area contributed by atoms with Gasteiger partial charge in [-0.15, -0.1) is 0 Å². The van der Waals surface area contributed by atoms with Crippen molar-refractivity contribution in [2.24, 2.45) is 0 Å². The predicted molar refractivity (Wildman–Crippen MR) is 276 cm³/mol. The van der Waals surface area contributed by atoms with E-state index in [1.807, 2.05) is 60.7 Å². The van der Waals surface area contributed by atoms with Crippen molar-refractivity contribution < 1.29 is 25.9 Å². The van der Waals surface area contributed by atoms with Crippen LogP contribution >= 0.6 is 0 Å². The SMILES string of the molecule is CCCCCCCCCc1cc2ccccc2c(CCCCCCCCC)c1S(=O)(=O)[O-].CCCCCCCCCc1cc2ccccc2c(CCCCCCCCC)c1S(=O)(=O)[O-].[Pb+2]. The number of unbranched alkanes of at least 4 members (excludes halogenated alkanes) is 24. The molecule has 0 saturated carbocycles. The molecule has 0 saturated heterocycles. The molecule has 0 heterocycles. The first-order chi connectivity index (χ1) is 31.0. The van der Waals surface area contributed by atoms with Crippen LogP contribution in [0.25, 0.3) is 21.5 Å². The summed E-state index contributed by atoms with van der Waals surface area (Å²) in [5.41, 5.74) is 2.96. The van der Waals surface area contributed by atoms with E-state index in [1.54, 1.807) is 0 Å². The van der Waals surface area contributed by atoms with E-state index >= 15 is 0 Å². The van der Waals surface area contributed by atoms with Crippen LogP contribution in [0.2, 0.25) is 0 Å². The van der Waals surface area contributed by atoms with Crippen molar-refractivity contribution >= 4 is 69.1 Å². The Morgan fingerprint density at radius 1 is 0.354 bits per heavy atom. The summed E-state index contributed by atoms with van der Waals surface area (Å²) in [5.74, 6) is 0. The first-order valence-electron chi connectivity index (χ1n) is 26.0. The summed E-state index contributed by atoms with van der Waals surface area (Å²) in [6, 6.07) is 19.8. The number of fused-ring (bicyclic) bond motifs is 2. The number of hydrogen-bond acceptors (Lipinski definition) is 6. The maximum Gasteiger partial charge on any atom is 2.00 e. The van der Waals surface area contributed by atoms with Crippen LogP contribution in [-0.2, 0) is 45.9 Å². The van der Waals surface area contributed by atoms with Crippen molar-refractivity contribution in [3.8, 4) is 0 Å². The summed E-state index contributed by atoms with van der Waals surface area (Å²) in [4.78, 5) is 0.154. The van der Waals surface area contributed by atoms with Crippen LogP contribution < -0.4 is 0 Å². The molecule has 0 aliphatic carbocycles. The summed E-state index contributed by atoms with van der Waals surface area (Å²) >= 11 is 0. The van der Waals surface area contributed by atoms with Crippen molar-refractivity contribution in [3.63, 3.8) is 0 Å². The zero-order valence-corrected chi connectivity index (χ0v) is 46.7. The Kier molecular flexibility index (Phi) is 31.4. The second kappa shape index (κ2) is 34.4. The van der Waals surface area contributed by atoms with E-state index in [1.165, 1.54) is 128 Å². The van der Waals surface area contributed by atoms with Crippen LogP contribution in [0.3, 0.4) is 0 Å². The molecular weight excluding hydrogens is 1040 g/mol. The van der Waals surface area contributed by atoms with Crippen molar-refractivity contribution in [1.29, 1.82) is 0 Å². The zero-order chi connectivity index (χ0) is 46.5. The zero-order valence-electron chi connectivity index (χ0n) is 41.2. The predicted octanol–water partition coefficient (Wildman–Crippen LogP) is 16.3. The van der Waals surface area contributed by atoms with Gasteiger partial charge in [0.1, 0.15) is 20.2 Å². The molecular formula is C56H86O6PbS2. The van der Waals surface area contributed by atoms with Gasteiger partial charge in [-0.25, -0.2) is 16.8 Å². The van der Waals surface area contributed by atoms with Gasteiger partial charge in [-0.3, -0.25) is 0 Å². The van der Waals surface area contributed by atoms with Gasteiger partial charge in [-0.1, -0.05) is 230 Å². The standard InChI is InChI=1S/2C28H44O3S.Pb/c2*1-3-5-7-9-11-13-15-20-25-23-24-19-17-18-21-26(24)27(28(25)32(29,30)31)22-16-14-12-10-8-6-4-2;/h2*17-19,21,23H,3-16,20,22H2,1-2H3,(H,29,30,31);/q;;+2/p-2. The topological polar surface area (TPSA) is 114 Å². The fourth-order valence-corrected chi connectivity index (χ4v) is 11.5. The largest absolute Gasteiger partial charge is 2.00 e. The molecule has 4 rings (SSSR count). The minimum atomic E-state index is -4.51. The second-order valence-corrected chi connectivity index (χ2v) is 21.2. The van der Waals surface area contributed by atoms with Gasteiger partial charge >= 0.3 is 27.3 Å². The van der Waals surface area contributed by atoms with Crippen LogP contribution in [0.1, 0.15) is 230 Å². The van der Waals surface area contributed by atoms with Crippen LogP contribution in [-0.4, -0.2) is 53.2 Å². The van der Waals surface area contributed by atoms with E-state index in [2.05, 4.69) is 27.7 Å². The maximum atomic E-state index is 12.4. The normalized spacial score (nSPS) is 11.8. The Balaban J connectivity index is 0.000000440. The Bertz CT molecular complexity index is 1960. The van der Waals surface area contributed by atoms with E-state index in [9.17, 15) is 25.9 Å². The number of hydrogen-bond donors (Lipinski definition) is 0. The summed E-state index contributed by atoms with van der Waals surface area (Å²) in [6.07, 6.45) is 35.5. The molecule has 4 aromatic carbocycles. The molecule has 362 valence electrons. The maximum absolute atomic E-state index is 12.4. The molecule has 0 amide bonds. The average Bonchev–Trinajstić information content (AvgIpc) is 3.27. The monoisotopic (exact) mass is 1130 g/mol. The van der Waals surface area contributed by atoms with Crippen LogP contribution in [0.4, 0.5) is 0 Å². The molecule has 0 unspecified atom stereocenters. The minimum Gasteiger partial charge on any atom is -0.744 e. The Labute approximate surface area is 418 Å². The Hall–Kier alpha value is -1.86. The van der Waals surface area contributed by atoms with Gasteiger partial charge in [0.15, 0.2) is 0 Å². The summed E-state index contributed by atoms with van der Waals surface area (Å²) in [7, 11) is -9.03. The molecule has 0 aliphatic heterocycles. The third kappa shape index (κ3) is 22.4. The Morgan fingerprint density at radius 3 is 0.877 bits per heavy atom. The van der Waals surface area contributed by atoms with Crippen molar-refractivity contribution in [1.82, 2.24) is 0 Å². The van der Waals surface area contributed by atoms with E-state index in [0.717, 1.165) is 95.2 Å². The number of rotatable bonds is 34. The number of aryl methyl sites for hydroxylation is 4. The smallest absolute Gasteiger partial charge is 0.744 e. The molecule has 0 aromatic heterocycles. The first-order valence-corrected chi connectivity index (χ1v) is 28.8. The quantitative estimate of drug-likeness (QED) is 0.0261. The Morgan fingerprint density at radius 2 is 0.600 bits per heavy atom. The molecule has 0 fully saturated rings. The molecule has 4 aromatic rings. The van der Waals surface area contributed by atoms with Gasteiger partial charge in [0.25, 0.3) is 0 Å². The third-order valence-corrected chi connectivity index (χ3v) is 15.0. The van der Waals surface area contributed by atoms with Crippen LogP contribution in [0, 0.1) is 0 Å². The van der Waals surface area contributed by atoms with E-state index in [4.69, 9.17) is 0 Å². The second-order valence-electron chi connectivity index (χ2n) is 18.5.